The van der Waals surface area contributed by atoms with Crippen LogP contribution in [-0.2, 0) is 9.53 Å². The number of hydrogen-bond acceptors (Lipinski definition) is 2. The summed E-state index contributed by atoms with van der Waals surface area (Å²) in [5.41, 5.74) is 0. The lowest BCUT2D eigenvalue weighted by atomic mass is 9.96. The van der Waals surface area contributed by atoms with E-state index >= 15 is 0 Å². The fraction of sp³-hybridized carbons (Fsp3) is 0.667. The lowest BCUT2D eigenvalue weighted by Gasteiger charge is -2.19. The first-order chi connectivity index (χ1) is 5.33. The first-order valence-electron chi connectivity index (χ1n) is 4.09. The maximum atomic E-state index is 10.8. The van der Waals surface area contributed by atoms with E-state index in [1.807, 2.05) is 13.0 Å². The molecule has 1 aliphatic heterocycles. The molecule has 0 N–H and O–H groups in total. The van der Waals surface area contributed by atoms with E-state index in [0.29, 0.717) is 18.9 Å². The zero-order valence-electron chi connectivity index (χ0n) is 6.88. The van der Waals surface area contributed by atoms with Crippen molar-refractivity contribution in [1.29, 1.82) is 0 Å². The number of esters is 1. The largest absolute Gasteiger partial charge is 0.466 e. The van der Waals surface area contributed by atoms with Crippen LogP contribution in [0.15, 0.2) is 12.2 Å². The van der Waals surface area contributed by atoms with Gasteiger partial charge in [-0.3, -0.25) is 4.79 Å². The number of carbonyl (C=O) groups excluding carboxylic acids is 1. The summed E-state index contributed by atoms with van der Waals surface area (Å²) < 4.78 is 4.83. The molecule has 2 nitrogen and oxygen atoms in total. The third-order valence-electron chi connectivity index (χ3n) is 1.95. The Kier molecular flexibility index (Phi) is 3.14. The average Bonchev–Trinajstić information content (AvgIpc) is 2.01. The topological polar surface area (TPSA) is 26.3 Å². The van der Waals surface area contributed by atoms with Gasteiger partial charge in [0, 0.05) is 6.42 Å². The van der Waals surface area contributed by atoms with E-state index in [-0.39, 0.29) is 5.97 Å². The van der Waals surface area contributed by atoms with Crippen LogP contribution in [0.4, 0.5) is 0 Å². The number of rotatable bonds is 2. The first kappa shape index (κ1) is 8.31. The molecule has 0 amide bonds. The number of allylic oxidation sites excluding steroid dienone is 2. The van der Waals surface area contributed by atoms with Gasteiger partial charge in [-0.1, -0.05) is 12.2 Å². The van der Waals surface area contributed by atoms with Gasteiger partial charge in [-0.15, -0.1) is 0 Å². The second kappa shape index (κ2) is 4.16. The van der Waals surface area contributed by atoms with Crippen LogP contribution in [0.3, 0.4) is 0 Å². The van der Waals surface area contributed by atoms with Crippen molar-refractivity contribution in [2.75, 3.05) is 6.61 Å². The van der Waals surface area contributed by atoms with E-state index in [1.165, 1.54) is 0 Å². The van der Waals surface area contributed by atoms with E-state index in [2.05, 4.69) is 6.08 Å². The molecule has 1 unspecified atom stereocenters. The summed E-state index contributed by atoms with van der Waals surface area (Å²) in [6, 6.07) is 0. The van der Waals surface area contributed by atoms with Crippen LogP contribution in [0.1, 0.15) is 26.2 Å². The Morgan fingerprint density at radius 3 is 3.18 bits per heavy atom. The van der Waals surface area contributed by atoms with Crippen molar-refractivity contribution in [3.63, 3.8) is 0 Å². The molecule has 0 saturated carbocycles. The molecule has 1 atom stereocenters. The molecule has 11 heavy (non-hydrogen) atoms. The van der Waals surface area contributed by atoms with E-state index in [1.54, 1.807) is 0 Å². The number of hydrogen-bond donors (Lipinski definition) is 0. The minimum atomic E-state index is -0.0363. The molecule has 0 bridgehead atoms. The van der Waals surface area contributed by atoms with Crippen molar-refractivity contribution in [3.8, 4) is 0 Å². The molecular formula is C9H14O2. The van der Waals surface area contributed by atoms with Crippen LogP contribution in [-0.4, -0.2) is 12.6 Å². The van der Waals surface area contributed by atoms with Crippen LogP contribution < -0.4 is 0 Å². The van der Waals surface area contributed by atoms with Gasteiger partial charge in [0.05, 0.1) is 6.61 Å². The molecule has 1 aliphatic rings. The Hall–Kier alpha value is -0.790. The molecule has 0 aromatic heterocycles. The van der Waals surface area contributed by atoms with Gasteiger partial charge in [-0.25, -0.2) is 0 Å². The summed E-state index contributed by atoms with van der Waals surface area (Å²) in [7, 11) is 0. The Bertz CT molecular complexity index is 161. The fourth-order valence-corrected chi connectivity index (χ4v) is 1.27. The van der Waals surface area contributed by atoms with Gasteiger partial charge in [0.25, 0.3) is 0 Å². The average molecular weight is 154 g/mol. The minimum absolute atomic E-state index is 0.0363. The Labute approximate surface area is 67.2 Å². The highest BCUT2D eigenvalue weighted by Gasteiger charge is 2.18. The van der Waals surface area contributed by atoms with Gasteiger partial charge >= 0.3 is 5.97 Å². The van der Waals surface area contributed by atoms with E-state index < -0.39 is 0 Å². The Morgan fingerprint density at radius 2 is 2.55 bits per heavy atom. The molecule has 0 aromatic carbocycles. The highest BCUT2D eigenvalue weighted by Crippen LogP contribution is 2.19. The van der Waals surface area contributed by atoms with Crippen molar-refractivity contribution in [1.82, 2.24) is 0 Å². The summed E-state index contributed by atoms with van der Waals surface area (Å²) in [6.45, 7) is 2.61. The molecule has 0 radical (unpaired) electrons. The molecule has 2 heteroatoms. The smallest absolute Gasteiger partial charge is 0.306 e. The quantitative estimate of drug-likeness (QED) is 0.448. The van der Waals surface area contributed by atoms with Crippen molar-refractivity contribution in [2.45, 2.75) is 26.2 Å². The van der Waals surface area contributed by atoms with Crippen molar-refractivity contribution in [2.24, 2.45) is 5.92 Å². The first-order valence-corrected chi connectivity index (χ1v) is 4.09. The van der Waals surface area contributed by atoms with Crippen LogP contribution in [0, 0.1) is 5.92 Å². The number of carbonyl (C=O) groups is 1. The van der Waals surface area contributed by atoms with E-state index in [0.717, 1.165) is 12.8 Å². The van der Waals surface area contributed by atoms with Gasteiger partial charge in [-0.2, -0.15) is 0 Å². The van der Waals surface area contributed by atoms with Crippen LogP contribution in [0.5, 0.6) is 0 Å². The molecule has 1 heterocycles. The van der Waals surface area contributed by atoms with Crippen LogP contribution in [0.25, 0.3) is 0 Å². The maximum absolute atomic E-state index is 10.8. The summed E-state index contributed by atoms with van der Waals surface area (Å²) >= 11 is 0. The van der Waals surface area contributed by atoms with Gasteiger partial charge in [0.2, 0.25) is 0 Å². The Morgan fingerprint density at radius 1 is 1.73 bits per heavy atom. The number of ether oxygens (including phenoxy) is 1. The second-order valence-corrected chi connectivity index (χ2v) is 2.88. The SMILES string of the molecule is C/C=C/CC1CCOC(=O)C1. The van der Waals surface area contributed by atoms with Gasteiger partial charge < -0.3 is 4.74 Å². The zero-order valence-corrected chi connectivity index (χ0v) is 6.88. The standard InChI is InChI=1S/C9H14O2/c1-2-3-4-8-5-6-11-9(10)7-8/h2-3,8H,4-7H2,1H3/b3-2+. The lowest BCUT2D eigenvalue weighted by Crippen LogP contribution is -2.20. The summed E-state index contributed by atoms with van der Waals surface area (Å²) in [6.07, 6.45) is 6.79. The molecule has 1 fully saturated rings. The van der Waals surface area contributed by atoms with E-state index in [4.69, 9.17) is 4.74 Å². The number of cyclic esters (lactones) is 1. The molecular weight excluding hydrogens is 140 g/mol. The van der Waals surface area contributed by atoms with Gasteiger partial charge in [-0.05, 0) is 25.7 Å². The maximum Gasteiger partial charge on any atom is 0.306 e. The minimum Gasteiger partial charge on any atom is -0.466 e. The highest BCUT2D eigenvalue weighted by atomic mass is 16.5. The van der Waals surface area contributed by atoms with Crippen molar-refractivity contribution >= 4 is 5.97 Å². The van der Waals surface area contributed by atoms with Gasteiger partial charge in [0.15, 0.2) is 0 Å². The molecule has 62 valence electrons. The van der Waals surface area contributed by atoms with Gasteiger partial charge in [0.1, 0.15) is 0 Å². The normalized spacial score (nSPS) is 25.5. The molecule has 1 rings (SSSR count). The molecule has 0 spiro atoms. The fourth-order valence-electron chi connectivity index (χ4n) is 1.27. The third kappa shape index (κ3) is 2.74. The predicted octanol–water partition coefficient (Wildman–Crippen LogP) is 1.91. The summed E-state index contributed by atoms with van der Waals surface area (Å²) in [5.74, 6) is 0.484. The monoisotopic (exact) mass is 154 g/mol. The zero-order chi connectivity index (χ0) is 8.10. The highest BCUT2D eigenvalue weighted by molar-refractivity contribution is 5.70. The molecule has 0 aromatic rings. The predicted molar refractivity (Wildman–Crippen MR) is 43.1 cm³/mol. The Balaban J connectivity index is 2.28. The van der Waals surface area contributed by atoms with E-state index in [9.17, 15) is 4.79 Å². The molecule has 0 aliphatic carbocycles. The van der Waals surface area contributed by atoms with Crippen molar-refractivity contribution < 1.29 is 9.53 Å². The lowest BCUT2D eigenvalue weighted by molar-refractivity contribution is -0.149. The summed E-state index contributed by atoms with van der Waals surface area (Å²) in [5, 5.41) is 0. The third-order valence-corrected chi connectivity index (χ3v) is 1.95. The van der Waals surface area contributed by atoms with Crippen molar-refractivity contribution in [3.05, 3.63) is 12.2 Å². The van der Waals surface area contributed by atoms with Crippen LogP contribution in [0.2, 0.25) is 0 Å². The second-order valence-electron chi connectivity index (χ2n) is 2.88. The van der Waals surface area contributed by atoms with Crippen LogP contribution >= 0.6 is 0 Å². The summed E-state index contributed by atoms with van der Waals surface area (Å²) in [4.78, 5) is 10.8. The molecule has 1 saturated heterocycles.